The summed E-state index contributed by atoms with van der Waals surface area (Å²) in [5.74, 6) is -0.576. The van der Waals surface area contributed by atoms with Gasteiger partial charge in [-0.05, 0) is 37.4 Å². The number of carboxylic acids is 1. The van der Waals surface area contributed by atoms with Gasteiger partial charge in [0.05, 0.1) is 0 Å². The Morgan fingerprint density at radius 2 is 1.81 bits per heavy atom. The SMILES string of the molecule is CN(C)Cc1ccc(OCc2ccccc2)c(C(=O)O)c1. The summed E-state index contributed by atoms with van der Waals surface area (Å²) >= 11 is 0. The van der Waals surface area contributed by atoms with Gasteiger partial charge in [-0.25, -0.2) is 4.79 Å². The zero-order valence-corrected chi connectivity index (χ0v) is 12.2. The van der Waals surface area contributed by atoms with Gasteiger partial charge >= 0.3 is 5.97 Å². The third-order valence-electron chi connectivity index (χ3n) is 3.01. The number of carbonyl (C=O) groups is 1. The number of hydrogen-bond acceptors (Lipinski definition) is 3. The summed E-state index contributed by atoms with van der Waals surface area (Å²) in [5.41, 5.74) is 2.15. The predicted molar refractivity (Wildman–Crippen MR) is 81.6 cm³/mol. The smallest absolute Gasteiger partial charge is 0.339 e. The van der Waals surface area contributed by atoms with Gasteiger partial charge in [0.25, 0.3) is 0 Å². The van der Waals surface area contributed by atoms with Crippen molar-refractivity contribution in [2.45, 2.75) is 13.2 Å². The fraction of sp³-hybridized carbons (Fsp3) is 0.235. The highest BCUT2D eigenvalue weighted by Gasteiger charge is 2.13. The predicted octanol–water partition coefficient (Wildman–Crippen LogP) is 3.03. The van der Waals surface area contributed by atoms with Crippen LogP contribution in [0.3, 0.4) is 0 Å². The Morgan fingerprint density at radius 3 is 2.43 bits per heavy atom. The van der Waals surface area contributed by atoms with Gasteiger partial charge in [0.2, 0.25) is 0 Å². The van der Waals surface area contributed by atoms with Crippen LogP contribution in [-0.4, -0.2) is 30.1 Å². The molecule has 1 N–H and O–H groups in total. The van der Waals surface area contributed by atoms with Crippen molar-refractivity contribution in [2.24, 2.45) is 0 Å². The molecule has 0 heterocycles. The highest BCUT2D eigenvalue weighted by Crippen LogP contribution is 2.22. The maximum atomic E-state index is 11.4. The molecule has 0 amide bonds. The second kappa shape index (κ2) is 6.90. The van der Waals surface area contributed by atoms with Gasteiger partial charge in [-0.2, -0.15) is 0 Å². The zero-order chi connectivity index (χ0) is 15.2. The molecule has 4 nitrogen and oxygen atoms in total. The van der Waals surface area contributed by atoms with Gasteiger partial charge in [-0.15, -0.1) is 0 Å². The fourth-order valence-corrected chi connectivity index (χ4v) is 2.07. The van der Waals surface area contributed by atoms with Crippen LogP contribution >= 0.6 is 0 Å². The second-order valence-corrected chi connectivity index (χ2v) is 5.15. The molecule has 0 spiro atoms. The van der Waals surface area contributed by atoms with Crippen LogP contribution in [-0.2, 0) is 13.2 Å². The van der Waals surface area contributed by atoms with E-state index in [1.807, 2.05) is 55.4 Å². The lowest BCUT2D eigenvalue weighted by Gasteiger charge is -2.13. The van der Waals surface area contributed by atoms with E-state index in [1.54, 1.807) is 12.1 Å². The maximum absolute atomic E-state index is 11.4. The monoisotopic (exact) mass is 285 g/mol. The van der Waals surface area contributed by atoms with Crippen molar-refractivity contribution in [1.82, 2.24) is 4.90 Å². The van der Waals surface area contributed by atoms with Crippen LogP contribution in [0.4, 0.5) is 0 Å². The van der Waals surface area contributed by atoms with E-state index in [1.165, 1.54) is 0 Å². The molecule has 0 fully saturated rings. The van der Waals surface area contributed by atoms with E-state index in [4.69, 9.17) is 4.74 Å². The third-order valence-corrected chi connectivity index (χ3v) is 3.01. The highest BCUT2D eigenvalue weighted by atomic mass is 16.5. The first-order valence-corrected chi connectivity index (χ1v) is 6.74. The van der Waals surface area contributed by atoms with Crippen molar-refractivity contribution < 1.29 is 14.6 Å². The van der Waals surface area contributed by atoms with Crippen molar-refractivity contribution in [2.75, 3.05) is 14.1 Å². The van der Waals surface area contributed by atoms with E-state index in [0.717, 1.165) is 11.1 Å². The van der Waals surface area contributed by atoms with Gasteiger partial charge in [-0.3, -0.25) is 0 Å². The first-order chi connectivity index (χ1) is 10.1. The molecule has 2 aromatic carbocycles. The van der Waals surface area contributed by atoms with Crippen molar-refractivity contribution in [3.63, 3.8) is 0 Å². The minimum absolute atomic E-state index is 0.199. The Hall–Kier alpha value is -2.33. The molecule has 4 heteroatoms. The molecule has 21 heavy (non-hydrogen) atoms. The van der Waals surface area contributed by atoms with Crippen LogP contribution in [0.25, 0.3) is 0 Å². The molecule has 0 aliphatic heterocycles. The molecular weight excluding hydrogens is 266 g/mol. The summed E-state index contributed by atoms with van der Waals surface area (Å²) in [6.45, 7) is 1.05. The quantitative estimate of drug-likeness (QED) is 0.886. The summed E-state index contributed by atoms with van der Waals surface area (Å²) in [5, 5.41) is 9.33. The van der Waals surface area contributed by atoms with Crippen molar-refractivity contribution >= 4 is 5.97 Å². The summed E-state index contributed by atoms with van der Waals surface area (Å²) in [7, 11) is 3.89. The molecule has 0 radical (unpaired) electrons. The summed E-state index contributed by atoms with van der Waals surface area (Å²) in [6.07, 6.45) is 0. The highest BCUT2D eigenvalue weighted by molar-refractivity contribution is 5.91. The lowest BCUT2D eigenvalue weighted by Crippen LogP contribution is -2.12. The third kappa shape index (κ3) is 4.33. The van der Waals surface area contributed by atoms with Gasteiger partial charge in [0, 0.05) is 6.54 Å². The summed E-state index contributed by atoms with van der Waals surface area (Å²) in [4.78, 5) is 13.4. The number of carboxylic acid groups (broad SMARTS) is 1. The second-order valence-electron chi connectivity index (χ2n) is 5.15. The first-order valence-electron chi connectivity index (χ1n) is 6.74. The largest absolute Gasteiger partial charge is 0.488 e. The topological polar surface area (TPSA) is 49.8 Å². The molecule has 0 aliphatic rings. The lowest BCUT2D eigenvalue weighted by atomic mass is 10.1. The van der Waals surface area contributed by atoms with Crippen LogP contribution in [0.2, 0.25) is 0 Å². The lowest BCUT2D eigenvalue weighted by molar-refractivity contribution is 0.0691. The molecule has 0 aliphatic carbocycles. The number of aromatic carboxylic acids is 1. The molecule has 0 aromatic heterocycles. The van der Waals surface area contributed by atoms with E-state index in [9.17, 15) is 9.90 Å². The normalized spacial score (nSPS) is 10.6. The average Bonchev–Trinajstić information content (AvgIpc) is 2.46. The zero-order valence-electron chi connectivity index (χ0n) is 12.2. The molecule has 2 aromatic rings. The molecule has 0 saturated heterocycles. The molecule has 0 atom stereocenters. The van der Waals surface area contributed by atoms with E-state index in [2.05, 4.69) is 0 Å². The van der Waals surface area contributed by atoms with Crippen LogP contribution in [0.15, 0.2) is 48.5 Å². The Bertz CT molecular complexity index is 609. The van der Waals surface area contributed by atoms with E-state index in [0.29, 0.717) is 18.9 Å². The van der Waals surface area contributed by atoms with Crippen LogP contribution in [0, 0.1) is 0 Å². The number of hydrogen-bond donors (Lipinski definition) is 1. The molecule has 0 unspecified atom stereocenters. The van der Waals surface area contributed by atoms with Crippen LogP contribution in [0.1, 0.15) is 21.5 Å². The summed E-state index contributed by atoms with van der Waals surface area (Å²) in [6, 6.07) is 15.0. The van der Waals surface area contributed by atoms with Gasteiger partial charge < -0.3 is 14.7 Å². The number of benzene rings is 2. The maximum Gasteiger partial charge on any atom is 0.339 e. The molecule has 0 saturated carbocycles. The Labute approximate surface area is 124 Å². The van der Waals surface area contributed by atoms with Crippen molar-refractivity contribution in [3.05, 3.63) is 65.2 Å². The Balaban J connectivity index is 2.16. The van der Waals surface area contributed by atoms with E-state index < -0.39 is 5.97 Å². The van der Waals surface area contributed by atoms with Crippen molar-refractivity contribution in [3.8, 4) is 5.75 Å². The number of nitrogens with zero attached hydrogens (tertiary/aromatic N) is 1. The molecule has 110 valence electrons. The number of ether oxygens (including phenoxy) is 1. The van der Waals surface area contributed by atoms with E-state index >= 15 is 0 Å². The van der Waals surface area contributed by atoms with Gasteiger partial charge in [0.15, 0.2) is 0 Å². The average molecular weight is 285 g/mol. The minimum Gasteiger partial charge on any atom is -0.488 e. The number of rotatable bonds is 6. The van der Waals surface area contributed by atoms with Gasteiger partial charge in [0.1, 0.15) is 17.9 Å². The fourth-order valence-electron chi connectivity index (χ4n) is 2.07. The summed E-state index contributed by atoms with van der Waals surface area (Å²) < 4.78 is 5.65. The molecular formula is C17H19NO3. The Kier molecular flexibility index (Phi) is 4.95. The first kappa shape index (κ1) is 15.1. The van der Waals surface area contributed by atoms with Crippen LogP contribution in [0.5, 0.6) is 5.75 Å². The van der Waals surface area contributed by atoms with Crippen LogP contribution < -0.4 is 4.74 Å². The van der Waals surface area contributed by atoms with Crippen molar-refractivity contribution in [1.29, 1.82) is 0 Å². The molecule has 2 rings (SSSR count). The van der Waals surface area contributed by atoms with Gasteiger partial charge in [-0.1, -0.05) is 36.4 Å². The standard InChI is InChI=1S/C17H19NO3/c1-18(2)11-14-8-9-16(15(10-14)17(19)20)21-12-13-6-4-3-5-7-13/h3-10H,11-12H2,1-2H3,(H,19,20). The molecule has 0 bridgehead atoms. The Morgan fingerprint density at radius 1 is 1.10 bits per heavy atom. The minimum atomic E-state index is -0.973. The van der Waals surface area contributed by atoms with E-state index in [-0.39, 0.29) is 5.56 Å².